The van der Waals surface area contributed by atoms with Gasteiger partial charge >= 0.3 is 6.09 Å². The minimum absolute atomic E-state index is 0.292. The topological polar surface area (TPSA) is 56.6 Å². The molecule has 3 heterocycles. The first-order valence-electron chi connectivity index (χ1n) is 8.48. The lowest BCUT2D eigenvalue weighted by Gasteiger charge is -2.45. The van der Waals surface area contributed by atoms with Crippen molar-refractivity contribution >= 4 is 6.09 Å². The minimum atomic E-state index is -0.503. The van der Waals surface area contributed by atoms with Crippen molar-refractivity contribution in [1.29, 1.82) is 0 Å². The highest BCUT2D eigenvalue weighted by Crippen LogP contribution is 2.43. The van der Waals surface area contributed by atoms with Crippen molar-refractivity contribution in [3.8, 4) is 0 Å². The molecule has 0 bridgehead atoms. The fourth-order valence-corrected chi connectivity index (χ4v) is 3.56. The molecule has 3 rings (SSSR count). The molecular formula is C17H26FN3O3. The number of aromatic nitrogens is 2. The number of hydrogen-bond donors (Lipinski definition) is 0. The Morgan fingerprint density at radius 2 is 2.12 bits per heavy atom. The van der Waals surface area contributed by atoms with Gasteiger partial charge in [0.05, 0.1) is 18.5 Å². The van der Waals surface area contributed by atoms with Gasteiger partial charge in [-0.2, -0.15) is 5.10 Å². The summed E-state index contributed by atoms with van der Waals surface area (Å²) in [7, 11) is 0. The number of carbonyl (C=O) groups is 1. The van der Waals surface area contributed by atoms with Gasteiger partial charge in [0, 0.05) is 13.1 Å². The number of aryl methyl sites for hydroxylation is 1. The third-order valence-electron chi connectivity index (χ3n) is 4.71. The average Bonchev–Trinajstić information content (AvgIpc) is 2.90. The van der Waals surface area contributed by atoms with Gasteiger partial charge in [-0.1, -0.05) is 0 Å². The van der Waals surface area contributed by atoms with E-state index in [1.165, 1.54) is 0 Å². The molecule has 2 aliphatic rings. The molecule has 0 aliphatic carbocycles. The summed E-state index contributed by atoms with van der Waals surface area (Å²) in [5.74, 6) is 0. The van der Waals surface area contributed by atoms with Crippen molar-refractivity contribution in [3.63, 3.8) is 0 Å². The Morgan fingerprint density at radius 3 is 2.71 bits per heavy atom. The summed E-state index contributed by atoms with van der Waals surface area (Å²) < 4.78 is 26.6. The van der Waals surface area contributed by atoms with Gasteiger partial charge in [-0.3, -0.25) is 4.68 Å². The molecule has 6 nitrogen and oxygen atoms in total. The van der Waals surface area contributed by atoms with Gasteiger partial charge in [0.2, 0.25) is 0 Å². The van der Waals surface area contributed by atoms with Crippen LogP contribution in [0, 0.1) is 6.92 Å². The highest BCUT2D eigenvalue weighted by molar-refractivity contribution is 5.68. The zero-order valence-electron chi connectivity index (χ0n) is 14.8. The molecule has 1 atom stereocenters. The molecular weight excluding hydrogens is 313 g/mol. The smallest absolute Gasteiger partial charge is 0.410 e. The molecule has 134 valence electrons. The minimum Gasteiger partial charge on any atom is -0.444 e. The lowest BCUT2D eigenvalue weighted by molar-refractivity contribution is -0.127. The van der Waals surface area contributed by atoms with Gasteiger partial charge in [-0.15, -0.1) is 0 Å². The Labute approximate surface area is 141 Å². The highest BCUT2D eigenvalue weighted by Gasteiger charge is 2.46. The summed E-state index contributed by atoms with van der Waals surface area (Å²) in [5, 5.41) is 4.35. The fraction of sp³-hybridized carbons (Fsp3) is 0.765. The Kier molecular flexibility index (Phi) is 4.32. The van der Waals surface area contributed by atoms with E-state index >= 15 is 0 Å². The van der Waals surface area contributed by atoms with Gasteiger partial charge in [-0.05, 0) is 46.1 Å². The number of rotatable bonds is 1. The second-order valence-corrected chi connectivity index (χ2v) is 7.70. The van der Waals surface area contributed by atoms with Crippen molar-refractivity contribution in [3.05, 3.63) is 17.5 Å². The predicted molar refractivity (Wildman–Crippen MR) is 86.6 cm³/mol. The van der Waals surface area contributed by atoms with Crippen LogP contribution in [0.15, 0.2) is 6.20 Å². The fourth-order valence-electron chi connectivity index (χ4n) is 3.56. The van der Waals surface area contributed by atoms with Crippen LogP contribution < -0.4 is 0 Å². The molecule has 1 fully saturated rings. The van der Waals surface area contributed by atoms with E-state index in [1.807, 2.05) is 27.7 Å². The summed E-state index contributed by atoms with van der Waals surface area (Å²) in [6.07, 6.45) is 2.81. The number of hydrogen-bond acceptors (Lipinski definition) is 4. The third-order valence-corrected chi connectivity index (χ3v) is 4.71. The Bertz CT molecular complexity index is 615. The summed E-state index contributed by atoms with van der Waals surface area (Å²) in [4.78, 5) is 14.0. The van der Waals surface area contributed by atoms with E-state index < -0.39 is 17.9 Å². The van der Waals surface area contributed by atoms with E-state index in [1.54, 1.807) is 15.8 Å². The van der Waals surface area contributed by atoms with Crippen LogP contribution in [0.5, 0.6) is 0 Å². The zero-order valence-corrected chi connectivity index (χ0v) is 14.8. The molecule has 1 saturated heterocycles. The number of halogens is 1. The van der Waals surface area contributed by atoms with Gasteiger partial charge in [0.15, 0.2) is 0 Å². The molecule has 7 heteroatoms. The third kappa shape index (κ3) is 3.01. The Balaban J connectivity index is 1.76. The number of carbonyl (C=O) groups excluding carboxylic acids is 1. The van der Waals surface area contributed by atoms with Crippen LogP contribution in [0.3, 0.4) is 0 Å². The van der Waals surface area contributed by atoms with Crippen molar-refractivity contribution < 1.29 is 18.7 Å². The first kappa shape index (κ1) is 17.2. The zero-order chi connectivity index (χ0) is 17.5. The van der Waals surface area contributed by atoms with E-state index in [4.69, 9.17) is 9.47 Å². The van der Waals surface area contributed by atoms with E-state index in [0.29, 0.717) is 32.5 Å². The van der Waals surface area contributed by atoms with Crippen LogP contribution in [0.4, 0.5) is 9.18 Å². The monoisotopic (exact) mass is 339 g/mol. The number of ether oxygens (including phenoxy) is 2. The number of piperidine rings is 1. The van der Waals surface area contributed by atoms with Crippen LogP contribution in [-0.2, 0) is 15.1 Å². The maximum absolute atomic E-state index is 13.2. The number of nitrogens with zero attached hydrogens (tertiary/aromatic N) is 3. The Hall–Kier alpha value is -1.63. The van der Waals surface area contributed by atoms with E-state index in [2.05, 4.69) is 5.10 Å². The normalized spacial score (nSPS) is 23.2. The first-order chi connectivity index (χ1) is 11.3. The van der Waals surface area contributed by atoms with Crippen LogP contribution >= 0.6 is 0 Å². The maximum atomic E-state index is 13.2. The number of likely N-dealkylation sites (tertiary alicyclic amines) is 1. The second kappa shape index (κ2) is 6.02. The Morgan fingerprint density at radius 1 is 1.46 bits per heavy atom. The SMILES string of the molecule is Cc1cnn2c1C1(CCN(C(=O)OC(C)(C)C)CC1)OCC2CF. The standard InChI is InChI=1S/C17H26FN3O3/c1-12-10-19-21-13(9-18)11-23-17(14(12)21)5-7-20(8-6-17)15(22)24-16(2,3)4/h10,13H,5-9,11H2,1-4H3. The molecule has 1 amide bonds. The molecule has 1 aromatic heterocycles. The molecule has 1 spiro atoms. The molecule has 1 unspecified atom stereocenters. The lowest BCUT2D eigenvalue weighted by Crippen LogP contribution is -2.51. The molecule has 0 aromatic carbocycles. The molecule has 2 aliphatic heterocycles. The number of amides is 1. The van der Waals surface area contributed by atoms with Crippen LogP contribution in [0.1, 0.15) is 50.9 Å². The van der Waals surface area contributed by atoms with Crippen molar-refractivity contribution in [2.75, 3.05) is 26.4 Å². The summed E-state index contributed by atoms with van der Waals surface area (Å²) >= 11 is 0. The summed E-state index contributed by atoms with van der Waals surface area (Å²) in [5.41, 5.74) is 0.987. The van der Waals surface area contributed by atoms with E-state index in [0.717, 1.165) is 11.3 Å². The van der Waals surface area contributed by atoms with Gasteiger partial charge in [0.25, 0.3) is 0 Å². The maximum Gasteiger partial charge on any atom is 0.410 e. The van der Waals surface area contributed by atoms with Gasteiger partial charge in [0.1, 0.15) is 23.9 Å². The predicted octanol–water partition coefficient (Wildman–Crippen LogP) is 2.96. The molecule has 0 radical (unpaired) electrons. The second-order valence-electron chi connectivity index (χ2n) is 7.70. The van der Waals surface area contributed by atoms with Gasteiger partial charge < -0.3 is 14.4 Å². The largest absolute Gasteiger partial charge is 0.444 e. The van der Waals surface area contributed by atoms with Crippen molar-refractivity contribution in [2.45, 2.75) is 57.8 Å². The summed E-state index contributed by atoms with van der Waals surface area (Å²) in [6, 6.07) is -0.358. The summed E-state index contributed by atoms with van der Waals surface area (Å²) in [6.45, 7) is 8.49. The average molecular weight is 339 g/mol. The quantitative estimate of drug-likeness (QED) is 0.789. The lowest BCUT2D eigenvalue weighted by atomic mass is 9.84. The van der Waals surface area contributed by atoms with Crippen molar-refractivity contribution in [2.24, 2.45) is 0 Å². The molecule has 24 heavy (non-hydrogen) atoms. The first-order valence-corrected chi connectivity index (χ1v) is 8.48. The van der Waals surface area contributed by atoms with Gasteiger partial charge in [-0.25, -0.2) is 9.18 Å². The van der Waals surface area contributed by atoms with Crippen LogP contribution in [0.25, 0.3) is 0 Å². The van der Waals surface area contributed by atoms with Crippen LogP contribution in [-0.4, -0.2) is 52.7 Å². The molecule has 0 N–H and O–H groups in total. The van der Waals surface area contributed by atoms with E-state index in [-0.39, 0.29) is 12.1 Å². The number of alkyl halides is 1. The molecule has 1 aromatic rings. The van der Waals surface area contributed by atoms with E-state index in [9.17, 15) is 9.18 Å². The molecule has 0 saturated carbocycles. The van der Waals surface area contributed by atoms with Crippen molar-refractivity contribution in [1.82, 2.24) is 14.7 Å². The number of fused-ring (bicyclic) bond motifs is 2. The van der Waals surface area contributed by atoms with Crippen LogP contribution in [0.2, 0.25) is 0 Å². The highest BCUT2D eigenvalue weighted by atomic mass is 19.1.